The highest BCUT2D eigenvalue weighted by Crippen LogP contribution is 2.56. The molecule has 1 aliphatic carbocycles. The average Bonchev–Trinajstić information content (AvgIpc) is 2.25. The van der Waals surface area contributed by atoms with E-state index >= 15 is 0 Å². The van der Waals surface area contributed by atoms with Crippen LogP contribution < -0.4 is 4.74 Å². The largest absolute Gasteiger partial charge is 0.487 e. The zero-order chi connectivity index (χ0) is 15.5. The van der Waals surface area contributed by atoms with Crippen LogP contribution in [0.15, 0.2) is 18.2 Å². The molecule has 1 atom stereocenters. The first-order chi connectivity index (χ1) is 9.60. The Morgan fingerprint density at radius 1 is 1.05 bits per heavy atom. The van der Waals surface area contributed by atoms with Crippen LogP contribution in [-0.4, -0.2) is 10.7 Å². The van der Waals surface area contributed by atoms with Gasteiger partial charge in [0.05, 0.1) is 6.10 Å². The predicted octanol–water partition coefficient (Wildman–Crippen LogP) is 4.79. The molecule has 0 bridgehead atoms. The van der Waals surface area contributed by atoms with E-state index < -0.39 is 6.10 Å². The van der Waals surface area contributed by atoms with Crippen LogP contribution in [0.5, 0.6) is 5.75 Å². The standard InChI is InChI=1S/C19H28O2/c1-13-6-7-16-14(8-13)15(20)9-19(21-16)11-17(2,3)10-18(4,5)12-19/h6-8,15,20H,9-12H2,1-5H3. The Labute approximate surface area is 128 Å². The van der Waals surface area contributed by atoms with Crippen molar-refractivity contribution in [3.8, 4) is 5.75 Å². The highest BCUT2D eigenvalue weighted by Gasteiger charge is 2.51. The fourth-order valence-corrected chi connectivity index (χ4v) is 5.20. The maximum absolute atomic E-state index is 10.7. The molecule has 0 amide bonds. The topological polar surface area (TPSA) is 29.5 Å². The lowest BCUT2D eigenvalue weighted by molar-refractivity contribution is -0.104. The van der Waals surface area contributed by atoms with E-state index in [9.17, 15) is 5.11 Å². The second-order valence-corrected chi connectivity index (χ2v) is 8.91. The molecule has 2 aliphatic rings. The van der Waals surface area contributed by atoms with E-state index in [2.05, 4.69) is 46.8 Å². The number of hydrogen-bond donors (Lipinski definition) is 1. The molecule has 1 heterocycles. The number of hydrogen-bond acceptors (Lipinski definition) is 2. The number of aryl methyl sites for hydroxylation is 1. The summed E-state index contributed by atoms with van der Waals surface area (Å²) in [6.07, 6.45) is 3.57. The maximum Gasteiger partial charge on any atom is 0.125 e. The van der Waals surface area contributed by atoms with E-state index in [0.717, 1.165) is 30.6 Å². The smallest absolute Gasteiger partial charge is 0.125 e. The van der Waals surface area contributed by atoms with Crippen molar-refractivity contribution < 1.29 is 9.84 Å². The highest BCUT2D eigenvalue weighted by molar-refractivity contribution is 5.41. The van der Waals surface area contributed by atoms with E-state index in [1.54, 1.807) is 0 Å². The van der Waals surface area contributed by atoms with Gasteiger partial charge in [0, 0.05) is 12.0 Å². The molecule has 0 aromatic heterocycles. The quantitative estimate of drug-likeness (QED) is 0.744. The van der Waals surface area contributed by atoms with Crippen molar-refractivity contribution in [2.45, 2.75) is 72.0 Å². The molecule has 1 aromatic carbocycles. The van der Waals surface area contributed by atoms with Gasteiger partial charge in [0.1, 0.15) is 11.4 Å². The first-order valence-electron chi connectivity index (χ1n) is 8.08. The van der Waals surface area contributed by atoms with Crippen molar-refractivity contribution in [2.75, 3.05) is 0 Å². The third-order valence-electron chi connectivity index (χ3n) is 4.97. The Kier molecular flexibility index (Phi) is 3.18. The number of ether oxygens (including phenoxy) is 1. The molecule has 2 heteroatoms. The summed E-state index contributed by atoms with van der Waals surface area (Å²) < 4.78 is 6.50. The first kappa shape index (κ1) is 14.9. The van der Waals surface area contributed by atoms with Crippen molar-refractivity contribution in [3.63, 3.8) is 0 Å². The number of aliphatic hydroxyl groups excluding tert-OH is 1. The third kappa shape index (κ3) is 2.83. The minimum atomic E-state index is -0.404. The molecule has 1 fully saturated rings. The molecule has 1 spiro atoms. The molecule has 0 saturated heterocycles. The minimum absolute atomic E-state index is 0.215. The second kappa shape index (κ2) is 4.49. The molecule has 1 aliphatic heterocycles. The van der Waals surface area contributed by atoms with Gasteiger partial charge >= 0.3 is 0 Å². The minimum Gasteiger partial charge on any atom is -0.487 e. The lowest BCUT2D eigenvalue weighted by Gasteiger charge is -2.54. The fraction of sp³-hybridized carbons (Fsp3) is 0.684. The molecule has 116 valence electrons. The Hall–Kier alpha value is -1.02. The molecule has 1 N–H and O–H groups in total. The summed E-state index contributed by atoms with van der Waals surface area (Å²) in [5.74, 6) is 0.882. The van der Waals surface area contributed by atoms with Gasteiger partial charge in [0.15, 0.2) is 0 Å². The van der Waals surface area contributed by atoms with Gasteiger partial charge in [-0.2, -0.15) is 0 Å². The molecule has 3 rings (SSSR count). The molecular weight excluding hydrogens is 260 g/mol. The summed E-state index contributed by atoms with van der Waals surface area (Å²) in [7, 11) is 0. The lowest BCUT2D eigenvalue weighted by atomic mass is 9.58. The monoisotopic (exact) mass is 288 g/mol. The molecule has 1 saturated carbocycles. The second-order valence-electron chi connectivity index (χ2n) is 8.91. The molecule has 2 nitrogen and oxygen atoms in total. The lowest BCUT2D eigenvalue weighted by Crippen LogP contribution is -2.52. The van der Waals surface area contributed by atoms with Crippen LogP contribution in [0.2, 0.25) is 0 Å². The zero-order valence-electron chi connectivity index (χ0n) is 14.0. The molecular formula is C19H28O2. The first-order valence-corrected chi connectivity index (χ1v) is 8.08. The van der Waals surface area contributed by atoms with Crippen LogP contribution in [0.25, 0.3) is 0 Å². The Morgan fingerprint density at radius 3 is 2.29 bits per heavy atom. The van der Waals surface area contributed by atoms with E-state index in [-0.39, 0.29) is 16.4 Å². The number of benzene rings is 1. The van der Waals surface area contributed by atoms with Gasteiger partial charge in [0.25, 0.3) is 0 Å². The normalized spacial score (nSPS) is 28.8. The molecule has 1 aromatic rings. The molecule has 0 radical (unpaired) electrons. The SMILES string of the molecule is Cc1ccc2c(c1)C(O)CC1(CC(C)(C)CC(C)(C)C1)O2. The summed E-state index contributed by atoms with van der Waals surface area (Å²) in [6, 6.07) is 6.17. The van der Waals surface area contributed by atoms with E-state index in [4.69, 9.17) is 4.74 Å². The number of fused-ring (bicyclic) bond motifs is 1. The predicted molar refractivity (Wildman–Crippen MR) is 85.5 cm³/mol. The van der Waals surface area contributed by atoms with Crippen LogP contribution in [0, 0.1) is 17.8 Å². The average molecular weight is 288 g/mol. The Bertz CT molecular complexity index is 541. The van der Waals surface area contributed by atoms with Crippen LogP contribution in [0.1, 0.15) is 70.6 Å². The van der Waals surface area contributed by atoms with Crippen molar-refractivity contribution in [1.29, 1.82) is 0 Å². The zero-order valence-corrected chi connectivity index (χ0v) is 14.0. The van der Waals surface area contributed by atoms with Gasteiger partial charge in [-0.15, -0.1) is 0 Å². The fourth-order valence-electron chi connectivity index (χ4n) is 5.20. The van der Waals surface area contributed by atoms with Crippen molar-refractivity contribution in [3.05, 3.63) is 29.3 Å². The van der Waals surface area contributed by atoms with Crippen molar-refractivity contribution >= 4 is 0 Å². The van der Waals surface area contributed by atoms with Crippen LogP contribution in [-0.2, 0) is 0 Å². The van der Waals surface area contributed by atoms with Gasteiger partial charge in [-0.25, -0.2) is 0 Å². The molecule has 21 heavy (non-hydrogen) atoms. The van der Waals surface area contributed by atoms with Crippen LogP contribution in [0.3, 0.4) is 0 Å². The van der Waals surface area contributed by atoms with E-state index in [1.165, 1.54) is 12.0 Å². The van der Waals surface area contributed by atoms with Gasteiger partial charge in [-0.3, -0.25) is 0 Å². The highest BCUT2D eigenvalue weighted by atomic mass is 16.5. The Balaban J connectivity index is 1.99. The van der Waals surface area contributed by atoms with E-state index in [1.807, 2.05) is 6.07 Å². The van der Waals surface area contributed by atoms with Crippen LogP contribution in [0.4, 0.5) is 0 Å². The maximum atomic E-state index is 10.7. The summed E-state index contributed by atoms with van der Waals surface area (Å²) in [5.41, 5.74) is 2.43. The van der Waals surface area contributed by atoms with E-state index in [0.29, 0.717) is 0 Å². The third-order valence-corrected chi connectivity index (χ3v) is 4.97. The molecule has 1 unspecified atom stereocenters. The number of aliphatic hydroxyl groups is 1. The van der Waals surface area contributed by atoms with Gasteiger partial charge in [-0.1, -0.05) is 39.3 Å². The van der Waals surface area contributed by atoms with Crippen LogP contribution >= 0.6 is 0 Å². The van der Waals surface area contributed by atoms with Gasteiger partial charge in [-0.05, 0) is 49.1 Å². The summed E-state index contributed by atoms with van der Waals surface area (Å²) in [5, 5.41) is 10.7. The Morgan fingerprint density at radius 2 is 1.67 bits per heavy atom. The van der Waals surface area contributed by atoms with Crippen molar-refractivity contribution in [2.24, 2.45) is 10.8 Å². The summed E-state index contributed by atoms with van der Waals surface area (Å²) in [4.78, 5) is 0. The van der Waals surface area contributed by atoms with Gasteiger partial charge in [0.2, 0.25) is 0 Å². The van der Waals surface area contributed by atoms with Crippen molar-refractivity contribution in [1.82, 2.24) is 0 Å². The van der Waals surface area contributed by atoms with Gasteiger partial charge < -0.3 is 9.84 Å². The number of rotatable bonds is 0. The summed E-state index contributed by atoms with van der Waals surface area (Å²) >= 11 is 0. The summed E-state index contributed by atoms with van der Waals surface area (Å²) in [6.45, 7) is 11.4.